The van der Waals surface area contributed by atoms with Crippen LogP contribution in [0.25, 0.3) is 15.2 Å². The van der Waals surface area contributed by atoms with Gasteiger partial charge in [-0.25, -0.2) is 4.98 Å². The second-order valence-corrected chi connectivity index (χ2v) is 8.35. The number of aromatic nitrogens is 2. The largest absolute Gasteiger partial charge is 0.355 e. The molecule has 0 aliphatic heterocycles. The summed E-state index contributed by atoms with van der Waals surface area (Å²) in [5.74, 6) is 0.0207. The lowest BCUT2D eigenvalue weighted by Crippen LogP contribution is -2.27. The molecular weight excluding hydrogens is 374 g/mol. The Kier molecular flexibility index (Phi) is 5.09. The summed E-state index contributed by atoms with van der Waals surface area (Å²) in [5, 5.41) is 9.39. The molecule has 4 aromatic rings. The van der Waals surface area contributed by atoms with Gasteiger partial charge in [-0.3, -0.25) is 9.36 Å². The number of aryl methyl sites for hydroxylation is 2. The van der Waals surface area contributed by atoms with Gasteiger partial charge in [0.1, 0.15) is 0 Å². The van der Waals surface area contributed by atoms with E-state index in [0.29, 0.717) is 13.0 Å². The molecule has 4 rings (SSSR count). The number of amides is 1. The Morgan fingerprint density at radius 3 is 2.67 bits per heavy atom. The number of fused-ring (bicyclic) bond motifs is 1. The van der Waals surface area contributed by atoms with Crippen LogP contribution in [0, 0.1) is 13.8 Å². The molecule has 1 amide bonds. The normalized spacial score (nSPS) is 11.2. The highest BCUT2D eigenvalue weighted by molar-refractivity contribution is 7.17. The van der Waals surface area contributed by atoms with Crippen LogP contribution in [-0.4, -0.2) is 22.0 Å². The molecule has 0 unspecified atom stereocenters. The van der Waals surface area contributed by atoms with Gasteiger partial charge < -0.3 is 5.32 Å². The van der Waals surface area contributed by atoms with E-state index in [1.54, 1.807) is 22.7 Å². The maximum absolute atomic E-state index is 12.3. The summed E-state index contributed by atoms with van der Waals surface area (Å²) in [7, 11) is 0. The fourth-order valence-corrected chi connectivity index (χ4v) is 5.18. The van der Waals surface area contributed by atoms with Crippen molar-refractivity contribution >= 4 is 38.7 Å². The van der Waals surface area contributed by atoms with Gasteiger partial charge in [-0.05, 0) is 54.8 Å². The van der Waals surface area contributed by atoms with E-state index in [1.165, 1.54) is 15.6 Å². The maximum Gasteiger partial charge on any atom is 0.226 e. The van der Waals surface area contributed by atoms with E-state index >= 15 is 0 Å². The van der Waals surface area contributed by atoms with Crippen LogP contribution in [0.3, 0.4) is 0 Å². The molecule has 0 radical (unpaired) electrons. The van der Waals surface area contributed by atoms with Crippen LogP contribution in [0.5, 0.6) is 0 Å². The number of thiazole rings is 1. The molecule has 0 aliphatic carbocycles. The lowest BCUT2D eigenvalue weighted by Gasteiger charge is -2.05. The lowest BCUT2D eigenvalue weighted by molar-refractivity contribution is -0.120. The van der Waals surface area contributed by atoms with Crippen molar-refractivity contribution in [2.75, 3.05) is 6.54 Å². The average Bonchev–Trinajstić information content (AvgIpc) is 3.35. The van der Waals surface area contributed by atoms with Gasteiger partial charge in [-0.2, -0.15) is 0 Å². The number of thiophene rings is 1. The number of hydrogen-bond acceptors (Lipinski definition) is 4. The van der Waals surface area contributed by atoms with Crippen molar-refractivity contribution in [3.8, 4) is 5.13 Å². The van der Waals surface area contributed by atoms with Gasteiger partial charge in [0.25, 0.3) is 0 Å². The smallest absolute Gasteiger partial charge is 0.226 e. The number of benzene rings is 1. The van der Waals surface area contributed by atoms with Crippen molar-refractivity contribution in [1.29, 1.82) is 0 Å². The second-order valence-electron chi connectivity index (χ2n) is 6.61. The molecular formula is C21H21N3OS2. The molecule has 0 atom stereocenters. The number of hydrogen-bond donors (Lipinski definition) is 1. The van der Waals surface area contributed by atoms with E-state index in [-0.39, 0.29) is 5.91 Å². The van der Waals surface area contributed by atoms with Crippen molar-refractivity contribution in [3.63, 3.8) is 0 Å². The zero-order valence-corrected chi connectivity index (χ0v) is 17.0. The van der Waals surface area contributed by atoms with Gasteiger partial charge in [-0.1, -0.05) is 18.2 Å². The molecule has 138 valence electrons. The predicted octanol–water partition coefficient (Wildman–Crippen LogP) is 4.67. The van der Waals surface area contributed by atoms with Crippen molar-refractivity contribution in [3.05, 3.63) is 69.8 Å². The molecule has 1 aromatic carbocycles. The molecule has 4 nitrogen and oxygen atoms in total. The predicted molar refractivity (Wildman–Crippen MR) is 113 cm³/mol. The first kappa shape index (κ1) is 17.9. The minimum absolute atomic E-state index is 0.0207. The number of nitrogens with zero attached hydrogens (tertiary/aromatic N) is 2. The average molecular weight is 396 g/mol. The Labute approximate surface area is 166 Å². The fourth-order valence-electron chi connectivity index (χ4n) is 3.24. The van der Waals surface area contributed by atoms with Gasteiger partial charge in [0.15, 0.2) is 5.13 Å². The van der Waals surface area contributed by atoms with Crippen LogP contribution >= 0.6 is 22.7 Å². The number of nitrogens with one attached hydrogen (secondary N) is 1. The molecule has 1 N–H and O–H groups in total. The first-order chi connectivity index (χ1) is 13.1. The second kappa shape index (κ2) is 7.66. The standard InChI is InChI=1S/C21H21N3OS2/c1-14-7-8-15(2)24(14)21-23-17(13-27-21)11-20(25)22-10-9-16-12-26-19-6-4-3-5-18(16)19/h3-8,12-13H,9-11H2,1-2H3,(H,22,25). The summed E-state index contributed by atoms with van der Waals surface area (Å²) >= 11 is 3.33. The van der Waals surface area contributed by atoms with Gasteiger partial charge in [-0.15, -0.1) is 22.7 Å². The molecule has 0 bridgehead atoms. The third-order valence-electron chi connectivity index (χ3n) is 4.62. The Bertz CT molecular complexity index is 1070. The SMILES string of the molecule is Cc1ccc(C)n1-c1nc(CC(=O)NCCc2csc3ccccc23)cs1. The van der Waals surface area contributed by atoms with Crippen molar-refractivity contribution in [2.45, 2.75) is 26.7 Å². The summed E-state index contributed by atoms with van der Waals surface area (Å²) < 4.78 is 3.41. The molecule has 6 heteroatoms. The zero-order valence-electron chi connectivity index (χ0n) is 15.4. The van der Waals surface area contributed by atoms with Crippen LogP contribution in [-0.2, 0) is 17.6 Å². The molecule has 0 saturated heterocycles. The molecule has 0 aliphatic rings. The topological polar surface area (TPSA) is 46.9 Å². The van der Waals surface area contributed by atoms with Gasteiger partial charge in [0.05, 0.1) is 12.1 Å². The van der Waals surface area contributed by atoms with E-state index in [0.717, 1.165) is 28.6 Å². The summed E-state index contributed by atoms with van der Waals surface area (Å²) in [6, 6.07) is 12.6. The minimum atomic E-state index is 0.0207. The molecule has 0 spiro atoms. The zero-order chi connectivity index (χ0) is 18.8. The van der Waals surface area contributed by atoms with Crippen molar-refractivity contribution in [2.24, 2.45) is 0 Å². The quantitative estimate of drug-likeness (QED) is 0.516. The molecule has 3 aromatic heterocycles. The Hall–Kier alpha value is -2.44. The summed E-state index contributed by atoms with van der Waals surface area (Å²) in [4.78, 5) is 16.9. The summed E-state index contributed by atoms with van der Waals surface area (Å²) in [5.41, 5.74) is 4.42. The third-order valence-corrected chi connectivity index (χ3v) is 6.51. The van der Waals surface area contributed by atoms with E-state index in [1.807, 2.05) is 5.38 Å². The first-order valence-corrected chi connectivity index (χ1v) is 10.7. The first-order valence-electron chi connectivity index (χ1n) is 8.93. The number of carbonyl (C=O) groups is 1. The maximum atomic E-state index is 12.3. The van der Waals surface area contributed by atoms with E-state index < -0.39 is 0 Å². The number of rotatable bonds is 6. The molecule has 0 saturated carbocycles. The monoisotopic (exact) mass is 395 g/mol. The number of carbonyl (C=O) groups excluding carboxylic acids is 1. The van der Waals surface area contributed by atoms with E-state index in [4.69, 9.17) is 0 Å². The lowest BCUT2D eigenvalue weighted by atomic mass is 10.1. The van der Waals surface area contributed by atoms with Crippen molar-refractivity contribution in [1.82, 2.24) is 14.9 Å². The van der Waals surface area contributed by atoms with Crippen LogP contribution in [0.2, 0.25) is 0 Å². The summed E-state index contributed by atoms with van der Waals surface area (Å²) in [6.07, 6.45) is 1.17. The van der Waals surface area contributed by atoms with E-state index in [9.17, 15) is 4.79 Å². The summed E-state index contributed by atoms with van der Waals surface area (Å²) in [6.45, 7) is 4.77. The van der Waals surface area contributed by atoms with Crippen molar-refractivity contribution < 1.29 is 4.79 Å². The van der Waals surface area contributed by atoms with Crippen LogP contribution < -0.4 is 5.32 Å². The van der Waals surface area contributed by atoms with E-state index in [2.05, 4.69) is 70.5 Å². The van der Waals surface area contributed by atoms with Crippen LogP contribution in [0.1, 0.15) is 22.6 Å². The highest BCUT2D eigenvalue weighted by Gasteiger charge is 2.11. The van der Waals surface area contributed by atoms with Gasteiger partial charge in [0, 0.05) is 28.0 Å². The Morgan fingerprint density at radius 1 is 1.07 bits per heavy atom. The van der Waals surface area contributed by atoms with Crippen LogP contribution in [0.15, 0.2) is 47.2 Å². The molecule has 27 heavy (non-hydrogen) atoms. The minimum Gasteiger partial charge on any atom is -0.355 e. The highest BCUT2D eigenvalue weighted by Crippen LogP contribution is 2.25. The van der Waals surface area contributed by atoms with Gasteiger partial charge in [0.2, 0.25) is 5.91 Å². The third kappa shape index (κ3) is 3.82. The fraction of sp³-hybridized carbons (Fsp3) is 0.238. The Balaban J connectivity index is 1.33. The highest BCUT2D eigenvalue weighted by atomic mass is 32.1. The molecule has 0 fully saturated rings. The molecule has 3 heterocycles. The van der Waals surface area contributed by atoms with Crippen LogP contribution in [0.4, 0.5) is 0 Å². The Morgan fingerprint density at radius 2 is 1.85 bits per heavy atom. The van der Waals surface area contributed by atoms with Gasteiger partial charge >= 0.3 is 0 Å².